The molecular weight excluding hydrogens is 324 g/mol. The van der Waals surface area contributed by atoms with Gasteiger partial charge >= 0.3 is 0 Å². The smallest absolute Gasteiger partial charge is 0.248 e. The van der Waals surface area contributed by atoms with E-state index in [2.05, 4.69) is 5.32 Å². The van der Waals surface area contributed by atoms with Gasteiger partial charge in [0, 0.05) is 11.6 Å². The minimum atomic E-state index is -0.485. The predicted octanol–water partition coefficient (Wildman–Crippen LogP) is 5.40. The Morgan fingerprint density at radius 1 is 1.18 bits per heavy atom. The van der Waals surface area contributed by atoms with Crippen molar-refractivity contribution in [2.75, 3.05) is 5.32 Å². The van der Waals surface area contributed by atoms with Crippen molar-refractivity contribution in [3.8, 4) is 0 Å². The van der Waals surface area contributed by atoms with Crippen molar-refractivity contribution in [3.05, 3.63) is 69.0 Å². The number of rotatable bonds is 3. The van der Waals surface area contributed by atoms with E-state index in [0.29, 0.717) is 10.7 Å². The van der Waals surface area contributed by atoms with Crippen LogP contribution in [0.2, 0.25) is 10.0 Å². The molecule has 0 heterocycles. The van der Waals surface area contributed by atoms with E-state index in [-0.39, 0.29) is 10.6 Å². The molecule has 2 rings (SSSR count). The Hall–Kier alpha value is -1.84. The molecule has 2 aromatic carbocycles. The molecule has 0 aromatic heterocycles. The van der Waals surface area contributed by atoms with Gasteiger partial charge < -0.3 is 5.32 Å². The summed E-state index contributed by atoms with van der Waals surface area (Å²) in [6.07, 6.45) is 2.56. The summed E-state index contributed by atoms with van der Waals surface area (Å²) in [5, 5.41) is 3.40. The lowest BCUT2D eigenvalue weighted by atomic mass is 10.1. The van der Waals surface area contributed by atoms with Gasteiger partial charge in [-0.25, -0.2) is 4.39 Å². The minimum absolute atomic E-state index is 0.172. The van der Waals surface area contributed by atoms with E-state index in [1.807, 2.05) is 19.9 Å². The average molecular weight is 338 g/mol. The monoisotopic (exact) mass is 337 g/mol. The largest absolute Gasteiger partial charge is 0.321 e. The second-order valence-electron chi connectivity index (χ2n) is 4.90. The Labute approximate surface area is 138 Å². The summed E-state index contributed by atoms with van der Waals surface area (Å²) < 4.78 is 13.6. The fourth-order valence-electron chi connectivity index (χ4n) is 2.07. The number of hydrogen-bond acceptors (Lipinski definition) is 1. The van der Waals surface area contributed by atoms with Gasteiger partial charge in [-0.2, -0.15) is 0 Å². The molecule has 2 nitrogen and oxygen atoms in total. The van der Waals surface area contributed by atoms with Crippen LogP contribution >= 0.6 is 23.2 Å². The second kappa shape index (κ2) is 6.95. The average Bonchev–Trinajstić information content (AvgIpc) is 2.42. The van der Waals surface area contributed by atoms with Gasteiger partial charge in [0.05, 0.1) is 15.7 Å². The summed E-state index contributed by atoms with van der Waals surface area (Å²) >= 11 is 12.0. The van der Waals surface area contributed by atoms with E-state index in [4.69, 9.17) is 23.2 Å². The van der Waals surface area contributed by atoms with E-state index in [1.165, 1.54) is 24.3 Å². The quantitative estimate of drug-likeness (QED) is 0.746. The van der Waals surface area contributed by atoms with Crippen LogP contribution < -0.4 is 5.32 Å². The van der Waals surface area contributed by atoms with E-state index < -0.39 is 11.7 Å². The summed E-state index contributed by atoms with van der Waals surface area (Å²) in [6.45, 7) is 3.77. The zero-order chi connectivity index (χ0) is 16.3. The van der Waals surface area contributed by atoms with Crippen LogP contribution in [0.4, 0.5) is 10.1 Å². The molecule has 0 saturated heterocycles. The number of aryl methyl sites for hydroxylation is 2. The zero-order valence-corrected chi connectivity index (χ0v) is 13.6. The fraction of sp³-hybridized carbons (Fsp3) is 0.118. The number of amides is 1. The Morgan fingerprint density at radius 2 is 1.91 bits per heavy atom. The fourth-order valence-corrected chi connectivity index (χ4v) is 2.66. The second-order valence-corrected chi connectivity index (χ2v) is 5.71. The van der Waals surface area contributed by atoms with Crippen molar-refractivity contribution in [3.63, 3.8) is 0 Å². The van der Waals surface area contributed by atoms with Crippen molar-refractivity contribution in [2.24, 2.45) is 0 Å². The number of carbonyl (C=O) groups excluding carboxylic acids is 1. The third-order valence-corrected chi connectivity index (χ3v) is 3.71. The number of nitrogens with one attached hydrogen (secondary N) is 1. The molecule has 0 aliphatic heterocycles. The molecule has 0 radical (unpaired) electrons. The highest BCUT2D eigenvalue weighted by atomic mass is 35.5. The molecule has 1 N–H and O–H groups in total. The molecule has 2 aromatic rings. The standard InChI is InChI=1S/C17H14Cl2FNO/c1-10-8-11(2)17(14(19)9-10)21-16(22)7-6-12-13(18)4-3-5-15(12)20/h3-9H,1-2H3,(H,21,22)/b7-6+. The number of anilines is 1. The summed E-state index contributed by atoms with van der Waals surface area (Å²) in [5.74, 6) is -0.894. The van der Waals surface area contributed by atoms with Crippen LogP contribution in [0.25, 0.3) is 6.08 Å². The highest BCUT2D eigenvalue weighted by molar-refractivity contribution is 6.34. The van der Waals surface area contributed by atoms with Crippen molar-refractivity contribution in [1.82, 2.24) is 0 Å². The van der Waals surface area contributed by atoms with Crippen LogP contribution in [0.3, 0.4) is 0 Å². The first-order valence-electron chi connectivity index (χ1n) is 6.58. The maximum atomic E-state index is 13.6. The minimum Gasteiger partial charge on any atom is -0.321 e. The van der Waals surface area contributed by atoms with Gasteiger partial charge in [0.1, 0.15) is 5.82 Å². The van der Waals surface area contributed by atoms with Gasteiger partial charge in [0.2, 0.25) is 5.91 Å². The van der Waals surface area contributed by atoms with Gasteiger partial charge in [0.15, 0.2) is 0 Å². The molecule has 5 heteroatoms. The maximum absolute atomic E-state index is 13.6. The third kappa shape index (κ3) is 3.87. The Bertz CT molecular complexity index is 713. The van der Waals surface area contributed by atoms with Gasteiger partial charge in [-0.1, -0.05) is 35.3 Å². The summed E-state index contributed by atoms with van der Waals surface area (Å²) in [7, 11) is 0. The highest BCUT2D eigenvalue weighted by Crippen LogP contribution is 2.27. The Kier molecular flexibility index (Phi) is 5.22. The lowest BCUT2D eigenvalue weighted by Gasteiger charge is -2.10. The number of carbonyl (C=O) groups is 1. The third-order valence-electron chi connectivity index (χ3n) is 3.08. The predicted molar refractivity (Wildman–Crippen MR) is 90.0 cm³/mol. The molecule has 0 saturated carbocycles. The summed E-state index contributed by atoms with van der Waals surface area (Å²) in [5.41, 5.74) is 2.58. The van der Waals surface area contributed by atoms with Crippen molar-refractivity contribution < 1.29 is 9.18 Å². The first-order valence-corrected chi connectivity index (χ1v) is 7.34. The van der Waals surface area contributed by atoms with Crippen molar-refractivity contribution in [1.29, 1.82) is 0 Å². The van der Waals surface area contributed by atoms with E-state index >= 15 is 0 Å². The summed E-state index contributed by atoms with van der Waals surface area (Å²) in [6, 6.07) is 8.03. The van der Waals surface area contributed by atoms with Crippen LogP contribution in [0.5, 0.6) is 0 Å². The molecule has 0 aliphatic rings. The molecule has 0 aliphatic carbocycles. The summed E-state index contributed by atoms with van der Waals surface area (Å²) in [4.78, 5) is 12.0. The first kappa shape index (κ1) is 16.5. The van der Waals surface area contributed by atoms with Crippen LogP contribution in [-0.2, 0) is 4.79 Å². The lowest BCUT2D eigenvalue weighted by molar-refractivity contribution is -0.111. The number of benzene rings is 2. The van der Waals surface area contributed by atoms with Gasteiger partial charge in [-0.15, -0.1) is 0 Å². The van der Waals surface area contributed by atoms with E-state index in [0.717, 1.165) is 11.1 Å². The number of halogens is 3. The first-order chi connectivity index (χ1) is 10.4. The van der Waals surface area contributed by atoms with Crippen LogP contribution in [0.1, 0.15) is 16.7 Å². The van der Waals surface area contributed by atoms with Gasteiger partial charge in [-0.3, -0.25) is 4.79 Å². The molecule has 0 bridgehead atoms. The maximum Gasteiger partial charge on any atom is 0.248 e. The zero-order valence-electron chi connectivity index (χ0n) is 12.1. The van der Waals surface area contributed by atoms with Crippen molar-refractivity contribution >= 4 is 40.9 Å². The topological polar surface area (TPSA) is 29.1 Å². The molecule has 0 atom stereocenters. The Morgan fingerprint density at radius 3 is 2.55 bits per heavy atom. The van der Waals surface area contributed by atoms with Gasteiger partial charge in [-0.05, 0) is 49.2 Å². The molecular formula is C17H14Cl2FNO. The molecule has 0 unspecified atom stereocenters. The Balaban J connectivity index is 2.19. The van der Waals surface area contributed by atoms with Crippen molar-refractivity contribution in [2.45, 2.75) is 13.8 Å². The molecule has 0 spiro atoms. The SMILES string of the molecule is Cc1cc(C)c(NC(=O)/C=C/c2c(F)cccc2Cl)c(Cl)c1. The lowest BCUT2D eigenvalue weighted by Crippen LogP contribution is -2.09. The normalized spacial score (nSPS) is 11.0. The highest BCUT2D eigenvalue weighted by Gasteiger charge is 2.08. The van der Waals surface area contributed by atoms with E-state index in [9.17, 15) is 9.18 Å². The van der Waals surface area contributed by atoms with Gasteiger partial charge in [0.25, 0.3) is 0 Å². The molecule has 114 valence electrons. The molecule has 0 fully saturated rings. The molecule has 22 heavy (non-hydrogen) atoms. The van der Waals surface area contributed by atoms with Crippen LogP contribution in [0, 0.1) is 19.7 Å². The molecule has 1 amide bonds. The van der Waals surface area contributed by atoms with E-state index in [1.54, 1.807) is 12.1 Å². The van der Waals surface area contributed by atoms with Crippen LogP contribution in [0.15, 0.2) is 36.4 Å². The number of hydrogen-bond donors (Lipinski definition) is 1. The van der Waals surface area contributed by atoms with Crippen LogP contribution in [-0.4, -0.2) is 5.91 Å².